The number of nitrogens with one attached hydrogen (secondary N) is 1. The Balaban J connectivity index is 1.48. The van der Waals surface area contributed by atoms with E-state index in [-0.39, 0.29) is 23.5 Å². The van der Waals surface area contributed by atoms with Gasteiger partial charge in [-0.3, -0.25) is 14.7 Å². The number of carbonyl (C=O) groups excluding carboxylic acids is 1. The molecule has 1 aromatic rings. The summed E-state index contributed by atoms with van der Waals surface area (Å²) in [5, 5.41) is 3.12. The molecule has 1 amide bonds. The minimum absolute atomic E-state index is 0.0274. The molecule has 2 aliphatic heterocycles. The summed E-state index contributed by atoms with van der Waals surface area (Å²) in [5.41, 5.74) is 1.23. The zero-order valence-corrected chi connectivity index (χ0v) is 14.1. The molecule has 1 aromatic heterocycles. The van der Waals surface area contributed by atoms with Gasteiger partial charge >= 0.3 is 0 Å². The van der Waals surface area contributed by atoms with Crippen LogP contribution in [-0.4, -0.2) is 47.1 Å². The SMILES string of the molecule is CC(C)C(=O)N[C@@H]1COC2(CCN(Cc3cccnc3)CC2)C1. The lowest BCUT2D eigenvalue weighted by atomic mass is 9.87. The lowest BCUT2D eigenvalue weighted by molar-refractivity contribution is -0.124. The van der Waals surface area contributed by atoms with E-state index < -0.39 is 0 Å². The fourth-order valence-electron chi connectivity index (χ4n) is 3.52. The Kier molecular flexibility index (Phi) is 4.97. The van der Waals surface area contributed by atoms with Gasteiger partial charge in [0.1, 0.15) is 0 Å². The zero-order valence-electron chi connectivity index (χ0n) is 14.1. The normalized spacial score (nSPS) is 24.2. The van der Waals surface area contributed by atoms with E-state index in [0.29, 0.717) is 6.61 Å². The summed E-state index contributed by atoms with van der Waals surface area (Å²) in [5.74, 6) is 0.164. The van der Waals surface area contributed by atoms with Gasteiger partial charge in [0.25, 0.3) is 0 Å². The Labute approximate surface area is 138 Å². The fraction of sp³-hybridized carbons (Fsp3) is 0.667. The van der Waals surface area contributed by atoms with Crippen LogP contribution < -0.4 is 5.32 Å². The lowest BCUT2D eigenvalue weighted by Gasteiger charge is -2.38. The number of amides is 1. The van der Waals surface area contributed by atoms with E-state index in [0.717, 1.165) is 38.9 Å². The first-order valence-corrected chi connectivity index (χ1v) is 8.62. The van der Waals surface area contributed by atoms with Crippen molar-refractivity contribution in [2.75, 3.05) is 19.7 Å². The van der Waals surface area contributed by atoms with Gasteiger partial charge in [0.05, 0.1) is 18.2 Å². The van der Waals surface area contributed by atoms with Gasteiger partial charge in [-0.25, -0.2) is 0 Å². The molecule has 2 aliphatic rings. The summed E-state index contributed by atoms with van der Waals surface area (Å²) in [6.45, 7) is 7.55. The molecule has 0 radical (unpaired) electrons. The standard InChI is InChI=1S/C18H27N3O2/c1-14(2)17(22)20-16-10-18(23-13-16)5-8-21(9-6-18)12-15-4-3-7-19-11-15/h3-4,7,11,14,16H,5-6,8-10,12-13H2,1-2H3,(H,20,22)/t16-/m0/s1. The van der Waals surface area contributed by atoms with Crippen LogP contribution in [0.3, 0.4) is 0 Å². The van der Waals surface area contributed by atoms with Gasteiger partial charge < -0.3 is 10.1 Å². The smallest absolute Gasteiger partial charge is 0.222 e. The van der Waals surface area contributed by atoms with E-state index in [1.807, 2.05) is 32.3 Å². The van der Waals surface area contributed by atoms with Crippen molar-refractivity contribution in [3.8, 4) is 0 Å². The molecule has 0 unspecified atom stereocenters. The summed E-state index contributed by atoms with van der Waals surface area (Å²) in [7, 11) is 0. The molecule has 1 N–H and O–H groups in total. The van der Waals surface area contributed by atoms with Crippen LogP contribution in [0.2, 0.25) is 0 Å². The minimum Gasteiger partial charge on any atom is -0.373 e. The maximum atomic E-state index is 11.8. The van der Waals surface area contributed by atoms with Gasteiger partial charge in [0.2, 0.25) is 5.91 Å². The first-order chi connectivity index (χ1) is 11.1. The van der Waals surface area contributed by atoms with E-state index in [1.54, 1.807) is 0 Å². The molecular weight excluding hydrogens is 290 g/mol. The van der Waals surface area contributed by atoms with E-state index in [2.05, 4.69) is 21.3 Å². The molecule has 1 spiro atoms. The summed E-state index contributed by atoms with van der Waals surface area (Å²) >= 11 is 0. The average molecular weight is 317 g/mol. The van der Waals surface area contributed by atoms with E-state index >= 15 is 0 Å². The van der Waals surface area contributed by atoms with Crippen molar-refractivity contribution in [2.45, 2.75) is 51.3 Å². The number of likely N-dealkylation sites (tertiary alicyclic amines) is 1. The largest absolute Gasteiger partial charge is 0.373 e. The zero-order chi connectivity index (χ0) is 16.3. The molecule has 23 heavy (non-hydrogen) atoms. The second-order valence-electron chi connectivity index (χ2n) is 7.20. The highest BCUT2D eigenvalue weighted by Crippen LogP contribution is 2.36. The summed E-state index contributed by atoms with van der Waals surface area (Å²) in [6.07, 6.45) is 6.79. The molecule has 3 heterocycles. The predicted octanol–water partition coefficient (Wildman–Crippen LogP) is 1.98. The van der Waals surface area contributed by atoms with E-state index in [4.69, 9.17) is 4.74 Å². The molecule has 126 valence electrons. The van der Waals surface area contributed by atoms with Crippen molar-refractivity contribution in [3.05, 3.63) is 30.1 Å². The van der Waals surface area contributed by atoms with E-state index in [1.165, 1.54) is 5.56 Å². The summed E-state index contributed by atoms with van der Waals surface area (Å²) < 4.78 is 6.12. The second kappa shape index (κ2) is 6.97. The number of aromatic nitrogens is 1. The highest BCUT2D eigenvalue weighted by molar-refractivity contribution is 5.78. The van der Waals surface area contributed by atoms with E-state index in [9.17, 15) is 4.79 Å². The second-order valence-corrected chi connectivity index (χ2v) is 7.20. The number of carbonyl (C=O) groups is 1. The summed E-state index contributed by atoms with van der Waals surface area (Å²) in [6, 6.07) is 4.29. The van der Waals surface area contributed by atoms with Crippen molar-refractivity contribution in [2.24, 2.45) is 5.92 Å². The van der Waals surface area contributed by atoms with Crippen LogP contribution in [0.5, 0.6) is 0 Å². The lowest BCUT2D eigenvalue weighted by Crippen LogP contribution is -2.45. The van der Waals surface area contributed by atoms with Crippen LogP contribution in [0, 0.1) is 5.92 Å². The van der Waals surface area contributed by atoms with Crippen LogP contribution >= 0.6 is 0 Å². The molecule has 0 aromatic carbocycles. The number of pyridine rings is 1. The number of ether oxygens (including phenoxy) is 1. The number of hydrogen-bond acceptors (Lipinski definition) is 4. The van der Waals surface area contributed by atoms with Crippen molar-refractivity contribution >= 4 is 5.91 Å². The van der Waals surface area contributed by atoms with Crippen molar-refractivity contribution < 1.29 is 9.53 Å². The Morgan fingerprint density at radius 2 is 2.26 bits per heavy atom. The molecule has 2 saturated heterocycles. The molecular formula is C18H27N3O2. The van der Waals surface area contributed by atoms with Crippen molar-refractivity contribution in [3.63, 3.8) is 0 Å². The van der Waals surface area contributed by atoms with Crippen LogP contribution in [0.4, 0.5) is 0 Å². The van der Waals surface area contributed by atoms with Gasteiger partial charge in [-0.1, -0.05) is 19.9 Å². The van der Waals surface area contributed by atoms with Gasteiger partial charge in [-0.05, 0) is 30.9 Å². The molecule has 3 rings (SSSR count). The molecule has 1 atom stereocenters. The first kappa shape index (κ1) is 16.4. The highest BCUT2D eigenvalue weighted by Gasteiger charge is 2.43. The maximum absolute atomic E-state index is 11.8. The number of piperidine rings is 1. The minimum atomic E-state index is -0.0274. The first-order valence-electron chi connectivity index (χ1n) is 8.62. The maximum Gasteiger partial charge on any atom is 0.222 e. The Hall–Kier alpha value is -1.46. The van der Waals surface area contributed by atoms with Gasteiger partial charge in [0, 0.05) is 37.9 Å². The van der Waals surface area contributed by atoms with Crippen LogP contribution in [0.25, 0.3) is 0 Å². The molecule has 0 aliphatic carbocycles. The topological polar surface area (TPSA) is 54.5 Å². The number of rotatable bonds is 4. The quantitative estimate of drug-likeness (QED) is 0.922. The monoisotopic (exact) mass is 317 g/mol. The van der Waals surface area contributed by atoms with Gasteiger partial charge in [0.15, 0.2) is 0 Å². The Bertz CT molecular complexity index is 524. The number of hydrogen-bond donors (Lipinski definition) is 1. The number of nitrogens with zero attached hydrogens (tertiary/aromatic N) is 2. The van der Waals surface area contributed by atoms with Gasteiger partial charge in [-0.15, -0.1) is 0 Å². The molecule has 0 saturated carbocycles. The van der Waals surface area contributed by atoms with Gasteiger partial charge in [-0.2, -0.15) is 0 Å². The van der Waals surface area contributed by atoms with Crippen molar-refractivity contribution in [1.82, 2.24) is 15.2 Å². The molecule has 5 heteroatoms. The predicted molar refractivity (Wildman–Crippen MR) is 88.8 cm³/mol. The third-order valence-electron chi connectivity index (χ3n) is 4.98. The Morgan fingerprint density at radius 3 is 2.91 bits per heavy atom. The van der Waals surface area contributed by atoms with Crippen LogP contribution in [0.15, 0.2) is 24.5 Å². The fourth-order valence-corrected chi connectivity index (χ4v) is 3.52. The average Bonchev–Trinajstić information content (AvgIpc) is 2.93. The van der Waals surface area contributed by atoms with Crippen molar-refractivity contribution in [1.29, 1.82) is 0 Å². The molecule has 5 nitrogen and oxygen atoms in total. The Morgan fingerprint density at radius 1 is 1.48 bits per heavy atom. The summed E-state index contributed by atoms with van der Waals surface area (Å²) in [4.78, 5) is 18.5. The third kappa shape index (κ3) is 4.09. The third-order valence-corrected chi connectivity index (χ3v) is 4.98. The molecule has 2 fully saturated rings. The van der Waals surface area contributed by atoms with Crippen LogP contribution in [-0.2, 0) is 16.1 Å². The highest BCUT2D eigenvalue weighted by atomic mass is 16.5. The molecule has 0 bridgehead atoms. The van der Waals surface area contributed by atoms with Crippen LogP contribution in [0.1, 0.15) is 38.7 Å².